The molecule has 1 aliphatic rings. The normalized spacial score (nSPS) is 16.3. The topological polar surface area (TPSA) is 69.3 Å². The Labute approximate surface area is 194 Å². The number of nitrogens with zero attached hydrogens (tertiary/aromatic N) is 2. The number of benzene rings is 1. The summed E-state index contributed by atoms with van der Waals surface area (Å²) in [6.45, 7) is 8.29. The van der Waals surface area contributed by atoms with Gasteiger partial charge in [-0.3, -0.25) is 4.79 Å². The first-order valence-corrected chi connectivity index (χ1v) is 11.6. The Morgan fingerprint density at radius 3 is 2.65 bits per heavy atom. The third-order valence-electron chi connectivity index (χ3n) is 5.22. The Kier molecular flexibility index (Phi) is 8.27. The van der Waals surface area contributed by atoms with Crippen molar-refractivity contribution in [1.82, 2.24) is 10.3 Å². The number of piperidine rings is 1. The van der Waals surface area contributed by atoms with Gasteiger partial charge in [-0.25, -0.2) is 4.98 Å². The first kappa shape index (κ1) is 23.5. The SMILES string of the molecule is CCc1cnc(NC(C)C)cc1N1CCCC(NC(=O)CNc2cc(Cl)cc(Cl)c2)C1. The molecule has 2 aromatic rings. The molecule has 1 aromatic carbocycles. The highest BCUT2D eigenvalue weighted by molar-refractivity contribution is 6.35. The van der Waals surface area contributed by atoms with E-state index in [1.807, 2.05) is 6.20 Å². The zero-order valence-corrected chi connectivity index (χ0v) is 19.9. The van der Waals surface area contributed by atoms with Gasteiger partial charge in [0.25, 0.3) is 0 Å². The van der Waals surface area contributed by atoms with Crippen LogP contribution in [-0.4, -0.2) is 42.6 Å². The van der Waals surface area contributed by atoms with Crippen LogP contribution in [0.2, 0.25) is 10.0 Å². The number of halogens is 2. The van der Waals surface area contributed by atoms with Crippen LogP contribution >= 0.6 is 23.2 Å². The lowest BCUT2D eigenvalue weighted by Gasteiger charge is -2.36. The van der Waals surface area contributed by atoms with Gasteiger partial charge in [-0.15, -0.1) is 0 Å². The van der Waals surface area contributed by atoms with Crippen molar-refractivity contribution < 1.29 is 4.79 Å². The minimum atomic E-state index is -0.0458. The Bertz CT molecular complexity index is 885. The van der Waals surface area contributed by atoms with Crippen LogP contribution in [-0.2, 0) is 11.2 Å². The lowest BCUT2D eigenvalue weighted by molar-refractivity contribution is -0.120. The van der Waals surface area contributed by atoms with Crippen molar-refractivity contribution in [2.24, 2.45) is 0 Å². The predicted molar refractivity (Wildman–Crippen MR) is 131 cm³/mol. The Balaban J connectivity index is 1.60. The molecule has 168 valence electrons. The van der Waals surface area contributed by atoms with Crippen molar-refractivity contribution in [3.05, 3.63) is 46.1 Å². The monoisotopic (exact) mass is 463 g/mol. The second-order valence-electron chi connectivity index (χ2n) is 8.22. The van der Waals surface area contributed by atoms with E-state index in [1.165, 1.54) is 11.3 Å². The summed E-state index contributed by atoms with van der Waals surface area (Å²) in [5.74, 6) is 0.841. The Morgan fingerprint density at radius 2 is 1.97 bits per heavy atom. The molecule has 0 saturated carbocycles. The third-order valence-corrected chi connectivity index (χ3v) is 5.66. The highest BCUT2D eigenvalue weighted by Gasteiger charge is 2.23. The number of carbonyl (C=O) groups is 1. The van der Waals surface area contributed by atoms with Gasteiger partial charge in [0.15, 0.2) is 0 Å². The summed E-state index contributed by atoms with van der Waals surface area (Å²) >= 11 is 12.0. The fourth-order valence-electron chi connectivity index (χ4n) is 3.85. The van der Waals surface area contributed by atoms with Crippen molar-refractivity contribution in [1.29, 1.82) is 0 Å². The van der Waals surface area contributed by atoms with Gasteiger partial charge in [0.2, 0.25) is 5.91 Å². The predicted octanol–water partition coefficient (Wildman–Crippen LogP) is 4.97. The van der Waals surface area contributed by atoms with E-state index >= 15 is 0 Å². The highest BCUT2D eigenvalue weighted by atomic mass is 35.5. The maximum absolute atomic E-state index is 12.5. The van der Waals surface area contributed by atoms with E-state index < -0.39 is 0 Å². The van der Waals surface area contributed by atoms with Gasteiger partial charge in [-0.1, -0.05) is 30.1 Å². The van der Waals surface area contributed by atoms with Gasteiger partial charge in [-0.05, 0) is 56.9 Å². The highest BCUT2D eigenvalue weighted by Crippen LogP contribution is 2.27. The molecule has 0 spiro atoms. The summed E-state index contributed by atoms with van der Waals surface area (Å²) in [5.41, 5.74) is 3.15. The average molecular weight is 464 g/mol. The fraction of sp³-hybridized carbons (Fsp3) is 0.478. The summed E-state index contributed by atoms with van der Waals surface area (Å²) in [7, 11) is 0. The van der Waals surface area contributed by atoms with Gasteiger partial charge < -0.3 is 20.9 Å². The smallest absolute Gasteiger partial charge is 0.239 e. The van der Waals surface area contributed by atoms with Crippen LogP contribution in [0.3, 0.4) is 0 Å². The number of amides is 1. The number of carbonyl (C=O) groups excluding carboxylic acids is 1. The van der Waals surface area contributed by atoms with Crippen molar-refractivity contribution >= 4 is 46.3 Å². The molecule has 1 aliphatic heterocycles. The summed E-state index contributed by atoms with van der Waals surface area (Å²) in [4.78, 5) is 19.4. The zero-order valence-electron chi connectivity index (χ0n) is 18.3. The molecule has 2 heterocycles. The Hall–Kier alpha value is -2.18. The molecule has 3 N–H and O–H groups in total. The van der Waals surface area contributed by atoms with Gasteiger partial charge in [0.05, 0.1) is 6.54 Å². The van der Waals surface area contributed by atoms with Gasteiger partial charge in [0, 0.05) is 58.9 Å². The molecule has 1 amide bonds. The van der Waals surface area contributed by atoms with E-state index in [4.69, 9.17) is 23.2 Å². The molecule has 0 radical (unpaired) electrons. The standard InChI is InChI=1S/C23H31Cl2N5O/c1-4-16-12-27-22(28-15(2)3)11-21(16)30-7-5-6-19(14-30)29-23(31)13-26-20-9-17(24)8-18(25)10-20/h8-12,15,19,26H,4-7,13-14H2,1-3H3,(H,27,28)(H,29,31). The minimum absolute atomic E-state index is 0.0458. The minimum Gasteiger partial charge on any atom is -0.376 e. The van der Waals surface area contributed by atoms with Crippen LogP contribution in [0.1, 0.15) is 39.2 Å². The van der Waals surface area contributed by atoms with Gasteiger partial charge >= 0.3 is 0 Å². The van der Waals surface area contributed by atoms with E-state index in [1.54, 1.807) is 18.2 Å². The average Bonchev–Trinajstić information content (AvgIpc) is 2.71. The number of hydrogen-bond donors (Lipinski definition) is 3. The van der Waals surface area contributed by atoms with E-state index in [9.17, 15) is 4.79 Å². The summed E-state index contributed by atoms with van der Waals surface area (Å²) in [6.07, 6.45) is 4.88. The molecule has 1 atom stereocenters. The lowest BCUT2D eigenvalue weighted by atomic mass is 10.0. The first-order valence-electron chi connectivity index (χ1n) is 10.8. The van der Waals surface area contributed by atoms with Crippen molar-refractivity contribution in [3.8, 4) is 0 Å². The summed E-state index contributed by atoms with van der Waals surface area (Å²) < 4.78 is 0. The molecule has 1 fully saturated rings. The number of hydrogen-bond acceptors (Lipinski definition) is 5. The van der Waals surface area contributed by atoms with E-state index in [-0.39, 0.29) is 18.5 Å². The first-order chi connectivity index (χ1) is 14.8. The molecule has 0 aliphatic carbocycles. The number of nitrogens with one attached hydrogen (secondary N) is 3. The van der Waals surface area contributed by atoms with Crippen LogP contribution in [0.25, 0.3) is 0 Å². The maximum Gasteiger partial charge on any atom is 0.239 e. The summed E-state index contributed by atoms with van der Waals surface area (Å²) in [6, 6.07) is 7.72. The number of anilines is 3. The second kappa shape index (κ2) is 10.9. The van der Waals surface area contributed by atoms with E-state index in [0.717, 1.165) is 43.9 Å². The molecule has 0 bridgehead atoms. The molecule has 1 unspecified atom stereocenters. The van der Waals surface area contributed by atoms with Crippen LogP contribution in [0.5, 0.6) is 0 Å². The van der Waals surface area contributed by atoms with Crippen molar-refractivity contribution in [2.75, 3.05) is 35.2 Å². The maximum atomic E-state index is 12.5. The quantitative estimate of drug-likeness (QED) is 0.515. The molecular weight excluding hydrogens is 433 g/mol. The number of aromatic nitrogens is 1. The van der Waals surface area contributed by atoms with Crippen molar-refractivity contribution in [2.45, 2.75) is 52.1 Å². The largest absolute Gasteiger partial charge is 0.376 e. The molecule has 3 rings (SSSR count). The molecular formula is C23H31Cl2N5O. The van der Waals surface area contributed by atoms with E-state index in [2.05, 4.69) is 52.7 Å². The lowest BCUT2D eigenvalue weighted by Crippen LogP contribution is -2.49. The molecule has 1 aromatic heterocycles. The molecule has 6 nitrogen and oxygen atoms in total. The second-order valence-corrected chi connectivity index (χ2v) is 9.09. The number of aryl methyl sites for hydroxylation is 1. The number of rotatable bonds is 8. The molecule has 31 heavy (non-hydrogen) atoms. The number of pyridine rings is 1. The Morgan fingerprint density at radius 1 is 1.23 bits per heavy atom. The summed E-state index contributed by atoms with van der Waals surface area (Å²) in [5, 5.41) is 10.7. The fourth-order valence-corrected chi connectivity index (χ4v) is 4.37. The van der Waals surface area contributed by atoms with Crippen LogP contribution < -0.4 is 20.9 Å². The van der Waals surface area contributed by atoms with Crippen LogP contribution in [0.15, 0.2) is 30.5 Å². The van der Waals surface area contributed by atoms with Crippen LogP contribution in [0, 0.1) is 0 Å². The van der Waals surface area contributed by atoms with Gasteiger partial charge in [0.1, 0.15) is 5.82 Å². The van der Waals surface area contributed by atoms with Gasteiger partial charge in [-0.2, -0.15) is 0 Å². The zero-order chi connectivity index (χ0) is 22.4. The van der Waals surface area contributed by atoms with E-state index in [0.29, 0.717) is 16.1 Å². The third kappa shape index (κ3) is 6.91. The van der Waals surface area contributed by atoms with Crippen LogP contribution in [0.4, 0.5) is 17.2 Å². The molecule has 8 heteroatoms. The molecule has 1 saturated heterocycles. The van der Waals surface area contributed by atoms with Crippen molar-refractivity contribution in [3.63, 3.8) is 0 Å².